The van der Waals surface area contributed by atoms with Crippen molar-refractivity contribution in [3.05, 3.63) is 86.2 Å². The number of carbonyl (C=O) groups is 1. The van der Waals surface area contributed by atoms with Gasteiger partial charge in [0, 0.05) is 31.7 Å². The van der Waals surface area contributed by atoms with Gasteiger partial charge in [-0.25, -0.2) is 22.8 Å². The number of ether oxygens (including phenoxy) is 2. The highest BCUT2D eigenvalue weighted by atomic mass is 35.5. The first-order chi connectivity index (χ1) is 20.2. The Balaban J connectivity index is 1.51. The van der Waals surface area contributed by atoms with Gasteiger partial charge in [0.05, 0.1) is 45.6 Å². The highest BCUT2D eigenvalue weighted by Crippen LogP contribution is 2.34. The summed E-state index contributed by atoms with van der Waals surface area (Å²) >= 11 is 6.39. The molecular weight excluding hydrogens is 565 g/mol. The quantitative estimate of drug-likeness (QED) is 0.476. The van der Waals surface area contributed by atoms with E-state index in [1.54, 1.807) is 20.0 Å². The van der Waals surface area contributed by atoms with Crippen molar-refractivity contribution in [3.8, 4) is 5.75 Å². The lowest BCUT2D eigenvalue weighted by atomic mass is 9.97. The molecule has 2 aliphatic rings. The summed E-state index contributed by atoms with van der Waals surface area (Å²) in [5.41, 5.74) is -1.72. The van der Waals surface area contributed by atoms with Gasteiger partial charge in [-0.3, -0.25) is 14.6 Å². The molecule has 0 unspecified atom stereocenters. The summed E-state index contributed by atoms with van der Waals surface area (Å²) in [6.07, 6.45) is 3.85. The molecular formula is C27H26ClF3N6O4. The van der Waals surface area contributed by atoms with Crippen LogP contribution in [0.4, 0.5) is 13.2 Å². The third-order valence-electron chi connectivity index (χ3n) is 6.59. The number of aliphatic imine (C=N–C) groups is 1. The van der Waals surface area contributed by atoms with E-state index >= 15 is 0 Å². The number of hydrogen-bond donors (Lipinski definition) is 1. The van der Waals surface area contributed by atoms with Gasteiger partial charge in [-0.1, -0.05) is 11.6 Å². The molecule has 0 radical (unpaired) electrons. The molecule has 0 aliphatic carbocycles. The van der Waals surface area contributed by atoms with E-state index in [4.69, 9.17) is 23.8 Å². The maximum absolute atomic E-state index is 15.0. The molecule has 3 aromatic rings. The van der Waals surface area contributed by atoms with Gasteiger partial charge in [-0.15, -0.1) is 0 Å². The maximum atomic E-state index is 15.0. The van der Waals surface area contributed by atoms with Crippen LogP contribution in [-0.4, -0.2) is 37.7 Å². The smallest absolute Gasteiger partial charge is 0.274 e. The minimum atomic E-state index is -2.92. The Kier molecular flexibility index (Phi) is 7.05. The fourth-order valence-electron chi connectivity index (χ4n) is 4.76. The number of nitrogens with one attached hydrogen (secondary N) is 1. The Morgan fingerprint density at radius 3 is 2.83 bits per heavy atom. The van der Waals surface area contributed by atoms with E-state index in [1.165, 1.54) is 22.2 Å². The molecule has 14 heteroatoms. The monoisotopic (exact) mass is 592 g/mol. The normalized spacial score (nSPS) is 18.1. The number of rotatable bonds is 5. The van der Waals surface area contributed by atoms with Crippen molar-refractivity contribution < 1.29 is 30.2 Å². The lowest BCUT2D eigenvalue weighted by molar-refractivity contribution is -0.120. The van der Waals surface area contributed by atoms with Gasteiger partial charge in [-0.05, 0) is 25.8 Å². The summed E-state index contributed by atoms with van der Waals surface area (Å²) in [5, 5.41) is 6.50. The summed E-state index contributed by atoms with van der Waals surface area (Å²) in [5.74, 6) is -3.40. The van der Waals surface area contributed by atoms with Crippen LogP contribution in [0.15, 0.2) is 46.1 Å². The van der Waals surface area contributed by atoms with E-state index < -0.39 is 57.6 Å². The van der Waals surface area contributed by atoms with Crippen LogP contribution in [0.3, 0.4) is 0 Å². The standard InChI is InChI=1S/C27H26ClF3N6O4/c1-14(38)34-27(2,3)25-19(31)11-36(35-25)23-8-21-15(9-33-23)4-5-40-12-17-7-22(24(28)26(39)37(17)21)41-13-20-18(30)6-16(29)10-32-20/h6-7,9-11,21H,4-5,8,12-13H2,1-3H3,(H,34,38)/t21-/m1/s1/i13D2. The van der Waals surface area contributed by atoms with Crippen LogP contribution >= 0.6 is 11.6 Å². The number of hydrogen-bond acceptors (Lipinski definition) is 7. The van der Waals surface area contributed by atoms with Gasteiger partial charge in [0.2, 0.25) is 5.91 Å². The van der Waals surface area contributed by atoms with E-state index in [0.717, 1.165) is 11.8 Å². The minimum absolute atomic E-state index is 0.00463. The topological polar surface area (TPSA) is 113 Å². The van der Waals surface area contributed by atoms with Gasteiger partial charge >= 0.3 is 0 Å². The SMILES string of the molecule is [2H]C([2H])(Oc1cc2n(c(=O)c1Cl)[C@@H]1CC(n3cc(F)c(C(C)(C)NC(C)=O)n3)=NC=C1CCOC2)c1ncc(F)cc1F. The van der Waals surface area contributed by atoms with Crippen molar-refractivity contribution in [1.82, 2.24) is 24.6 Å². The fourth-order valence-corrected chi connectivity index (χ4v) is 4.95. The average molecular weight is 593 g/mol. The largest absolute Gasteiger partial charge is 0.485 e. The van der Waals surface area contributed by atoms with Gasteiger partial charge in [-0.2, -0.15) is 5.10 Å². The zero-order valence-electron chi connectivity index (χ0n) is 24.2. The van der Waals surface area contributed by atoms with Crippen molar-refractivity contribution >= 4 is 23.3 Å². The number of carbonyl (C=O) groups excluding carboxylic acids is 1. The van der Waals surface area contributed by atoms with E-state index in [-0.39, 0.29) is 36.9 Å². The van der Waals surface area contributed by atoms with Gasteiger partial charge in [0.25, 0.3) is 5.56 Å². The molecule has 0 aromatic carbocycles. The maximum Gasteiger partial charge on any atom is 0.274 e. The molecule has 0 bridgehead atoms. The highest BCUT2D eigenvalue weighted by Gasteiger charge is 2.33. The fraction of sp³-hybridized carbons (Fsp3) is 0.370. The van der Waals surface area contributed by atoms with Crippen LogP contribution in [0, 0.1) is 17.5 Å². The summed E-state index contributed by atoms with van der Waals surface area (Å²) in [4.78, 5) is 33.2. The minimum Gasteiger partial charge on any atom is -0.485 e. The van der Waals surface area contributed by atoms with Crippen LogP contribution in [-0.2, 0) is 28.2 Å². The second kappa shape index (κ2) is 11.1. The Morgan fingerprint density at radius 2 is 2.10 bits per heavy atom. The Bertz CT molecular complexity index is 1740. The predicted molar refractivity (Wildman–Crippen MR) is 142 cm³/mol. The molecule has 0 saturated heterocycles. The highest BCUT2D eigenvalue weighted by molar-refractivity contribution is 6.31. The van der Waals surface area contributed by atoms with Gasteiger partial charge < -0.3 is 19.4 Å². The average Bonchev–Trinajstić information content (AvgIpc) is 3.30. The van der Waals surface area contributed by atoms with Gasteiger partial charge in [0.1, 0.15) is 40.4 Å². The lowest BCUT2D eigenvalue weighted by Crippen LogP contribution is -2.41. The number of nitrogens with zero attached hydrogens (tertiary/aromatic N) is 5. The van der Waals surface area contributed by atoms with Crippen LogP contribution in [0.5, 0.6) is 5.75 Å². The van der Waals surface area contributed by atoms with E-state index in [9.17, 15) is 22.8 Å². The second-order valence-electron chi connectivity index (χ2n) is 10.0. The summed E-state index contributed by atoms with van der Waals surface area (Å²) < 4.78 is 72.7. The lowest BCUT2D eigenvalue weighted by Gasteiger charge is -2.31. The molecule has 5 heterocycles. The number of aromatic nitrogens is 4. The molecule has 1 N–H and O–H groups in total. The molecule has 3 aromatic heterocycles. The number of fused-ring (bicyclic) bond motifs is 3. The van der Waals surface area contributed by atoms with Crippen molar-refractivity contribution in [2.24, 2.45) is 4.99 Å². The Morgan fingerprint density at radius 1 is 1.32 bits per heavy atom. The number of halogens is 4. The zero-order valence-corrected chi connectivity index (χ0v) is 22.9. The first-order valence-electron chi connectivity index (χ1n) is 13.5. The molecule has 5 rings (SSSR count). The van der Waals surface area contributed by atoms with E-state index in [2.05, 4.69) is 20.4 Å². The molecule has 10 nitrogen and oxygen atoms in total. The van der Waals surface area contributed by atoms with Crippen molar-refractivity contribution in [3.63, 3.8) is 0 Å². The molecule has 41 heavy (non-hydrogen) atoms. The molecule has 0 saturated carbocycles. The third-order valence-corrected chi connectivity index (χ3v) is 6.94. The molecule has 0 spiro atoms. The van der Waals surface area contributed by atoms with Crippen LogP contribution in [0.2, 0.25) is 5.02 Å². The van der Waals surface area contributed by atoms with Crippen LogP contribution in [0.25, 0.3) is 0 Å². The van der Waals surface area contributed by atoms with Crippen LogP contribution < -0.4 is 15.6 Å². The van der Waals surface area contributed by atoms with E-state index in [0.29, 0.717) is 24.5 Å². The van der Waals surface area contributed by atoms with Crippen molar-refractivity contribution in [1.29, 1.82) is 0 Å². The predicted octanol–water partition coefficient (Wildman–Crippen LogP) is 4.16. The molecule has 1 amide bonds. The Hall–Kier alpha value is -3.97. The van der Waals surface area contributed by atoms with E-state index in [1.807, 2.05) is 0 Å². The number of pyridine rings is 2. The molecule has 0 fully saturated rings. The van der Waals surface area contributed by atoms with Crippen molar-refractivity contribution in [2.45, 2.75) is 58.4 Å². The molecule has 1 atom stereocenters. The van der Waals surface area contributed by atoms with Crippen molar-refractivity contribution in [2.75, 3.05) is 6.61 Å². The second-order valence-corrected chi connectivity index (χ2v) is 10.4. The first-order valence-corrected chi connectivity index (χ1v) is 12.9. The number of amides is 1. The molecule has 216 valence electrons. The summed E-state index contributed by atoms with van der Waals surface area (Å²) in [7, 11) is 0. The Labute approximate surface area is 240 Å². The first kappa shape index (κ1) is 26.0. The summed E-state index contributed by atoms with van der Waals surface area (Å²) in [6, 6.07) is 1.12. The zero-order chi connectivity index (χ0) is 31.3. The molecule has 2 aliphatic heterocycles. The van der Waals surface area contributed by atoms with Gasteiger partial charge in [0.15, 0.2) is 11.6 Å². The summed E-state index contributed by atoms with van der Waals surface area (Å²) in [6.45, 7) is 1.82. The van der Waals surface area contributed by atoms with Crippen LogP contribution in [0.1, 0.15) is 59.5 Å². The third kappa shape index (κ3) is 5.77.